The number of halogens is 1. The van der Waals surface area contributed by atoms with Crippen molar-refractivity contribution in [3.8, 4) is 0 Å². The lowest BCUT2D eigenvalue weighted by atomic mass is 10.2. The lowest BCUT2D eigenvalue weighted by Gasteiger charge is -2.10. The molecule has 0 aliphatic rings. The molecule has 0 spiro atoms. The van der Waals surface area contributed by atoms with Crippen LogP contribution in [0.15, 0.2) is 53.4 Å². The second-order valence-electron chi connectivity index (χ2n) is 4.32. The van der Waals surface area contributed by atoms with Crippen molar-refractivity contribution in [2.24, 2.45) is 5.73 Å². The van der Waals surface area contributed by atoms with Crippen LogP contribution in [0.2, 0.25) is 5.02 Å². The van der Waals surface area contributed by atoms with Crippen molar-refractivity contribution < 1.29 is 8.42 Å². The van der Waals surface area contributed by atoms with Gasteiger partial charge in [0.25, 0.3) is 0 Å². The van der Waals surface area contributed by atoms with E-state index in [0.29, 0.717) is 5.56 Å². The smallest absolute Gasteiger partial charge is 0.242 e. The van der Waals surface area contributed by atoms with Crippen molar-refractivity contribution in [2.45, 2.75) is 11.4 Å². The van der Waals surface area contributed by atoms with Gasteiger partial charge in [0.15, 0.2) is 0 Å². The lowest BCUT2D eigenvalue weighted by Crippen LogP contribution is -2.24. The summed E-state index contributed by atoms with van der Waals surface area (Å²) < 4.78 is 27.1. The molecular formula is C14H13ClN2O2S2. The molecule has 0 atom stereocenters. The highest BCUT2D eigenvalue weighted by Crippen LogP contribution is 2.22. The van der Waals surface area contributed by atoms with Gasteiger partial charge in [-0.15, -0.1) is 0 Å². The fourth-order valence-electron chi connectivity index (χ4n) is 1.71. The van der Waals surface area contributed by atoms with Crippen LogP contribution in [0.5, 0.6) is 0 Å². The van der Waals surface area contributed by atoms with Crippen LogP contribution in [0, 0.1) is 0 Å². The van der Waals surface area contributed by atoms with Crippen LogP contribution < -0.4 is 10.5 Å². The van der Waals surface area contributed by atoms with E-state index in [0.717, 1.165) is 5.56 Å². The molecule has 110 valence electrons. The summed E-state index contributed by atoms with van der Waals surface area (Å²) in [7, 11) is -3.74. The summed E-state index contributed by atoms with van der Waals surface area (Å²) >= 11 is 10.8. The van der Waals surface area contributed by atoms with Gasteiger partial charge in [-0.25, -0.2) is 13.1 Å². The largest absolute Gasteiger partial charge is 0.389 e. The van der Waals surface area contributed by atoms with Crippen molar-refractivity contribution in [1.82, 2.24) is 4.72 Å². The summed E-state index contributed by atoms with van der Waals surface area (Å²) in [5.41, 5.74) is 6.82. The second-order valence-corrected chi connectivity index (χ2v) is 6.90. The lowest BCUT2D eigenvalue weighted by molar-refractivity contribution is 0.581. The summed E-state index contributed by atoms with van der Waals surface area (Å²) in [4.78, 5) is 0.0802. The van der Waals surface area contributed by atoms with E-state index in [4.69, 9.17) is 29.6 Å². The van der Waals surface area contributed by atoms with Crippen molar-refractivity contribution in [3.05, 3.63) is 64.7 Å². The van der Waals surface area contributed by atoms with E-state index in [-0.39, 0.29) is 21.5 Å². The third-order valence-electron chi connectivity index (χ3n) is 2.81. The minimum absolute atomic E-state index is 0.0367. The maximum Gasteiger partial charge on any atom is 0.242 e. The topological polar surface area (TPSA) is 72.2 Å². The number of sulfonamides is 1. The van der Waals surface area contributed by atoms with Crippen LogP contribution in [0.3, 0.4) is 0 Å². The van der Waals surface area contributed by atoms with Crippen LogP contribution in [0.25, 0.3) is 0 Å². The Morgan fingerprint density at radius 2 is 1.86 bits per heavy atom. The molecule has 0 bridgehead atoms. The van der Waals surface area contributed by atoms with Gasteiger partial charge in [0.2, 0.25) is 10.0 Å². The Balaban J connectivity index is 2.27. The van der Waals surface area contributed by atoms with E-state index in [1.807, 2.05) is 30.3 Å². The van der Waals surface area contributed by atoms with Gasteiger partial charge in [0.05, 0.1) is 5.02 Å². The zero-order chi connectivity index (χ0) is 15.5. The van der Waals surface area contributed by atoms with E-state index in [1.54, 1.807) is 6.07 Å². The van der Waals surface area contributed by atoms with Crippen molar-refractivity contribution in [3.63, 3.8) is 0 Å². The summed E-state index contributed by atoms with van der Waals surface area (Å²) in [5, 5.41) is 0.121. The summed E-state index contributed by atoms with van der Waals surface area (Å²) in [6.45, 7) is 0.177. The summed E-state index contributed by atoms with van der Waals surface area (Å²) in [6.07, 6.45) is 0. The first-order valence-electron chi connectivity index (χ1n) is 6.03. The van der Waals surface area contributed by atoms with E-state index in [9.17, 15) is 8.42 Å². The molecule has 0 fully saturated rings. The van der Waals surface area contributed by atoms with Gasteiger partial charge in [-0.2, -0.15) is 0 Å². The van der Waals surface area contributed by atoms with E-state index >= 15 is 0 Å². The monoisotopic (exact) mass is 340 g/mol. The number of thiocarbonyl (C=S) groups is 1. The predicted molar refractivity (Wildman–Crippen MR) is 87.8 cm³/mol. The number of rotatable bonds is 5. The molecule has 0 unspecified atom stereocenters. The number of hydrogen-bond donors (Lipinski definition) is 2. The highest BCUT2D eigenvalue weighted by Gasteiger charge is 2.18. The molecule has 0 aliphatic carbocycles. The van der Waals surface area contributed by atoms with Gasteiger partial charge in [0, 0.05) is 12.1 Å². The Bertz CT molecular complexity index is 762. The molecule has 3 N–H and O–H groups in total. The maximum absolute atomic E-state index is 12.3. The molecule has 0 aliphatic heterocycles. The number of nitrogens with two attached hydrogens (primary N) is 1. The average molecular weight is 341 g/mol. The van der Waals surface area contributed by atoms with E-state index < -0.39 is 10.0 Å². The predicted octanol–water partition coefficient (Wildman–Crippen LogP) is 2.45. The Morgan fingerprint density at radius 1 is 1.19 bits per heavy atom. The molecule has 21 heavy (non-hydrogen) atoms. The first kappa shape index (κ1) is 15.9. The maximum atomic E-state index is 12.3. The third-order valence-corrected chi connectivity index (χ3v) is 4.93. The first-order chi connectivity index (χ1) is 9.90. The van der Waals surface area contributed by atoms with Crippen LogP contribution in [0.1, 0.15) is 11.1 Å². The molecule has 4 nitrogen and oxygen atoms in total. The number of nitrogens with one attached hydrogen (secondary N) is 1. The zero-order valence-corrected chi connectivity index (χ0v) is 13.3. The van der Waals surface area contributed by atoms with Crippen molar-refractivity contribution in [1.29, 1.82) is 0 Å². The Hall–Kier alpha value is -1.47. The minimum Gasteiger partial charge on any atom is -0.389 e. The SMILES string of the molecule is NC(=S)c1ccc(Cl)c(S(=O)(=O)NCc2ccccc2)c1. The van der Waals surface area contributed by atoms with Crippen LogP contribution in [0.4, 0.5) is 0 Å². The Kier molecular flexibility index (Phi) is 4.95. The molecule has 7 heteroatoms. The highest BCUT2D eigenvalue weighted by atomic mass is 35.5. The molecule has 0 radical (unpaired) electrons. The molecule has 0 amide bonds. The molecule has 2 aromatic rings. The van der Waals surface area contributed by atoms with Gasteiger partial charge in [0.1, 0.15) is 9.88 Å². The summed E-state index contributed by atoms with van der Waals surface area (Å²) in [5.74, 6) is 0. The van der Waals surface area contributed by atoms with Gasteiger partial charge < -0.3 is 5.73 Å². The summed E-state index contributed by atoms with van der Waals surface area (Å²) in [6, 6.07) is 13.6. The zero-order valence-electron chi connectivity index (χ0n) is 10.9. The standard InChI is InChI=1S/C14H13ClN2O2S2/c15-12-7-6-11(14(16)20)8-13(12)21(18,19)17-9-10-4-2-1-3-5-10/h1-8,17H,9H2,(H2,16,20). The third kappa shape index (κ3) is 4.01. The minimum atomic E-state index is -3.74. The average Bonchev–Trinajstić information content (AvgIpc) is 2.46. The normalized spacial score (nSPS) is 11.3. The van der Waals surface area contributed by atoms with Crippen LogP contribution in [-0.4, -0.2) is 13.4 Å². The molecule has 0 aromatic heterocycles. The second kappa shape index (κ2) is 6.53. The molecule has 0 heterocycles. The van der Waals surface area contributed by atoms with Gasteiger partial charge in [-0.05, 0) is 17.7 Å². The van der Waals surface area contributed by atoms with Crippen LogP contribution in [-0.2, 0) is 16.6 Å². The fourth-order valence-corrected chi connectivity index (χ4v) is 3.38. The Morgan fingerprint density at radius 3 is 2.48 bits per heavy atom. The fraction of sp³-hybridized carbons (Fsp3) is 0.0714. The Labute approximate surface area is 134 Å². The molecule has 2 aromatic carbocycles. The van der Waals surface area contributed by atoms with Crippen LogP contribution >= 0.6 is 23.8 Å². The number of benzene rings is 2. The highest BCUT2D eigenvalue weighted by molar-refractivity contribution is 7.89. The quantitative estimate of drug-likeness (QED) is 0.820. The number of hydrogen-bond acceptors (Lipinski definition) is 3. The van der Waals surface area contributed by atoms with Crippen molar-refractivity contribution >= 4 is 38.8 Å². The van der Waals surface area contributed by atoms with E-state index in [2.05, 4.69) is 4.72 Å². The molecule has 2 rings (SSSR count). The van der Waals surface area contributed by atoms with Gasteiger partial charge in [-0.3, -0.25) is 0 Å². The van der Waals surface area contributed by atoms with E-state index in [1.165, 1.54) is 12.1 Å². The van der Waals surface area contributed by atoms with Gasteiger partial charge >= 0.3 is 0 Å². The van der Waals surface area contributed by atoms with Gasteiger partial charge in [-0.1, -0.05) is 60.2 Å². The molecule has 0 saturated heterocycles. The molecule has 0 saturated carbocycles. The first-order valence-corrected chi connectivity index (χ1v) is 8.30. The molecular weight excluding hydrogens is 328 g/mol. The van der Waals surface area contributed by atoms with Crippen molar-refractivity contribution in [2.75, 3.05) is 0 Å².